The molecular formula is C16H27N5. The van der Waals surface area contributed by atoms with Crippen LogP contribution >= 0.6 is 0 Å². The van der Waals surface area contributed by atoms with Gasteiger partial charge in [-0.25, -0.2) is 9.67 Å². The highest BCUT2D eigenvalue weighted by Crippen LogP contribution is 2.06. The van der Waals surface area contributed by atoms with Gasteiger partial charge in [0.2, 0.25) is 0 Å². The predicted molar refractivity (Wildman–Crippen MR) is 84.9 cm³/mol. The number of aromatic nitrogens is 4. The molecular weight excluding hydrogens is 262 g/mol. The molecule has 0 aliphatic rings. The second-order valence-corrected chi connectivity index (χ2v) is 6.47. The van der Waals surface area contributed by atoms with Crippen molar-refractivity contribution in [2.75, 3.05) is 6.54 Å². The van der Waals surface area contributed by atoms with Gasteiger partial charge in [-0.3, -0.25) is 0 Å². The van der Waals surface area contributed by atoms with E-state index in [0.29, 0.717) is 11.8 Å². The van der Waals surface area contributed by atoms with Crippen molar-refractivity contribution in [3.05, 3.63) is 36.2 Å². The maximum absolute atomic E-state index is 4.37. The van der Waals surface area contributed by atoms with Crippen molar-refractivity contribution in [1.82, 2.24) is 24.6 Å². The highest BCUT2D eigenvalue weighted by molar-refractivity contribution is 5.11. The van der Waals surface area contributed by atoms with Crippen LogP contribution in [0.25, 0.3) is 0 Å². The number of nitrogens with one attached hydrogen (secondary N) is 1. The summed E-state index contributed by atoms with van der Waals surface area (Å²) in [6.07, 6.45) is 5.94. The van der Waals surface area contributed by atoms with Gasteiger partial charge in [0.1, 0.15) is 12.2 Å². The molecule has 2 rings (SSSR count). The SMILES string of the molecule is CC(C)CNCc1ccn(Cc2ncnn2CC(C)C)c1. The first kappa shape index (κ1) is 15.8. The van der Waals surface area contributed by atoms with Crippen molar-refractivity contribution in [2.24, 2.45) is 11.8 Å². The van der Waals surface area contributed by atoms with Crippen LogP contribution < -0.4 is 5.32 Å². The Kier molecular flexibility index (Phi) is 5.56. The lowest BCUT2D eigenvalue weighted by Crippen LogP contribution is -2.18. The van der Waals surface area contributed by atoms with E-state index in [1.54, 1.807) is 6.33 Å². The molecule has 0 atom stereocenters. The lowest BCUT2D eigenvalue weighted by atomic mass is 10.2. The third kappa shape index (κ3) is 5.01. The molecule has 0 amide bonds. The van der Waals surface area contributed by atoms with E-state index in [1.807, 2.05) is 4.68 Å². The van der Waals surface area contributed by atoms with Crippen LogP contribution in [0.1, 0.15) is 39.1 Å². The average molecular weight is 289 g/mol. The van der Waals surface area contributed by atoms with Gasteiger partial charge in [0.25, 0.3) is 0 Å². The molecule has 1 N–H and O–H groups in total. The summed E-state index contributed by atoms with van der Waals surface area (Å²) in [6.45, 7) is 12.5. The van der Waals surface area contributed by atoms with Crippen molar-refractivity contribution >= 4 is 0 Å². The first-order valence-electron chi connectivity index (χ1n) is 7.76. The molecule has 0 aliphatic heterocycles. The lowest BCUT2D eigenvalue weighted by Gasteiger charge is -2.09. The Hall–Kier alpha value is -1.62. The molecule has 0 spiro atoms. The minimum atomic E-state index is 0.575. The minimum absolute atomic E-state index is 0.575. The van der Waals surface area contributed by atoms with E-state index in [9.17, 15) is 0 Å². The molecule has 21 heavy (non-hydrogen) atoms. The predicted octanol–water partition coefficient (Wildman–Crippen LogP) is 2.53. The average Bonchev–Trinajstić information content (AvgIpc) is 3.00. The second kappa shape index (κ2) is 7.41. The fourth-order valence-electron chi connectivity index (χ4n) is 2.27. The van der Waals surface area contributed by atoms with E-state index < -0.39 is 0 Å². The molecule has 0 saturated heterocycles. The van der Waals surface area contributed by atoms with E-state index in [2.05, 4.69) is 66.1 Å². The monoisotopic (exact) mass is 289 g/mol. The van der Waals surface area contributed by atoms with Gasteiger partial charge in [-0.1, -0.05) is 27.7 Å². The molecule has 0 unspecified atom stereocenters. The van der Waals surface area contributed by atoms with Crippen LogP contribution in [0.2, 0.25) is 0 Å². The summed E-state index contributed by atoms with van der Waals surface area (Å²) in [7, 11) is 0. The van der Waals surface area contributed by atoms with Crippen molar-refractivity contribution in [1.29, 1.82) is 0 Å². The molecule has 2 aromatic heterocycles. The van der Waals surface area contributed by atoms with Gasteiger partial charge in [0.15, 0.2) is 0 Å². The summed E-state index contributed by atoms with van der Waals surface area (Å²) < 4.78 is 4.18. The summed E-state index contributed by atoms with van der Waals surface area (Å²) >= 11 is 0. The van der Waals surface area contributed by atoms with Crippen molar-refractivity contribution in [3.63, 3.8) is 0 Å². The second-order valence-electron chi connectivity index (χ2n) is 6.47. The highest BCUT2D eigenvalue weighted by atomic mass is 15.3. The third-order valence-electron chi connectivity index (χ3n) is 3.25. The maximum atomic E-state index is 4.37. The van der Waals surface area contributed by atoms with E-state index in [-0.39, 0.29) is 0 Å². The fraction of sp³-hybridized carbons (Fsp3) is 0.625. The van der Waals surface area contributed by atoms with Crippen molar-refractivity contribution < 1.29 is 0 Å². The van der Waals surface area contributed by atoms with Gasteiger partial charge in [0, 0.05) is 25.5 Å². The highest BCUT2D eigenvalue weighted by Gasteiger charge is 2.07. The van der Waals surface area contributed by atoms with Crippen LogP contribution in [0, 0.1) is 11.8 Å². The van der Waals surface area contributed by atoms with E-state index in [0.717, 1.165) is 32.0 Å². The summed E-state index contributed by atoms with van der Waals surface area (Å²) in [5.74, 6) is 2.27. The summed E-state index contributed by atoms with van der Waals surface area (Å²) in [5.41, 5.74) is 1.31. The summed E-state index contributed by atoms with van der Waals surface area (Å²) in [6, 6.07) is 2.16. The van der Waals surface area contributed by atoms with E-state index in [4.69, 9.17) is 0 Å². The zero-order chi connectivity index (χ0) is 15.2. The van der Waals surface area contributed by atoms with Gasteiger partial charge in [-0.15, -0.1) is 0 Å². The Bertz CT molecular complexity index is 538. The molecule has 5 heteroatoms. The smallest absolute Gasteiger partial charge is 0.146 e. The van der Waals surface area contributed by atoms with E-state index >= 15 is 0 Å². The standard InChI is InChI=1S/C16H27N5/c1-13(2)7-17-8-15-5-6-20(10-15)11-16-18-12-19-21(16)9-14(3)4/h5-6,10,12-14,17H,7-9,11H2,1-4H3. The van der Waals surface area contributed by atoms with Gasteiger partial charge in [0.05, 0.1) is 6.54 Å². The normalized spacial score (nSPS) is 11.7. The molecule has 0 aromatic carbocycles. The minimum Gasteiger partial charge on any atom is -0.346 e. The topological polar surface area (TPSA) is 47.7 Å². The lowest BCUT2D eigenvalue weighted by molar-refractivity contribution is 0.461. The zero-order valence-corrected chi connectivity index (χ0v) is 13.6. The Morgan fingerprint density at radius 1 is 1.19 bits per heavy atom. The summed E-state index contributed by atoms with van der Waals surface area (Å²) in [4.78, 5) is 4.37. The van der Waals surface area contributed by atoms with Crippen LogP contribution in [0.5, 0.6) is 0 Å². The first-order valence-corrected chi connectivity index (χ1v) is 7.76. The molecule has 0 radical (unpaired) electrons. The molecule has 2 heterocycles. The molecule has 0 aliphatic carbocycles. The van der Waals surface area contributed by atoms with Gasteiger partial charge >= 0.3 is 0 Å². The first-order chi connectivity index (χ1) is 10.0. The van der Waals surface area contributed by atoms with Gasteiger partial charge in [-0.05, 0) is 30.0 Å². The van der Waals surface area contributed by atoms with Crippen LogP contribution in [-0.2, 0) is 19.6 Å². The molecule has 2 aromatic rings. The fourth-order valence-corrected chi connectivity index (χ4v) is 2.27. The Balaban J connectivity index is 1.92. The zero-order valence-electron chi connectivity index (χ0n) is 13.6. The Labute approximate surface area is 127 Å². The van der Waals surface area contributed by atoms with Gasteiger partial charge in [-0.2, -0.15) is 5.10 Å². The molecule has 0 saturated carbocycles. The van der Waals surface area contributed by atoms with Crippen LogP contribution in [0.3, 0.4) is 0 Å². The number of hydrogen-bond acceptors (Lipinski definition) is 3. The van der Waals surface area contributed by atoms with E-state index in [1.165, 1.54) is 5.56 Å². The maximum Gasteiger partial charge on any atom is 0.146 e. The van der Waals surface area contributed by atoms with Crippen LogP contribution in [0.4, 0.5) is 0 Å². The van der Waals surface area contributed by atoms with Crippen molar-refractivity contribution in [2.45, 2.75) is 47.3 Å². The largest absolute Gasteiger partial charge is 0.346 e. The molecule has 0 fully saturated rings. The van der Waals surface area contributed by atoms with Crippen molar-refractivity contribution in [3.8, 4) is 0 Å². The number of hydrogen-bond donors (Lipinski definition) is 1. The molecule has 116 valence electrons. The number of nitrogens with zero attached hydrogens (tertiary/aromatic N) is 4. The Morgan fingerprint density at radius 3 is 2.71 bits per heavy atom. The third-order valence-corrected chi connectivity index (χ3v) is 3.25. The van der Waals surface area contributed by atoms with Crippen LogP contribution in [0.15, 0.2) is 24.8 Å². The summed E-state index contributed by atoms with van der Waals surface area (Å²) in [5, 5.41) is 7.77. The quantitative estimate of drug-likeness (QED) is 0.812. The molecule has 0 bridgehead atoms. The van der Waals surface area contributed by atoms with Gasteiger partial charge < -0.3 is 9.88 Å². The van der Waals surface area contributed by atoms with Crippen LogP contribution in [-0.4, -0.2) is 25.9 Å². The molecule has 5 nitrogen and oxygen atoms in total. The number of rotatable bonds is 8. The Morgan fingerprint density at radius 2 is 2.00 bits per heavy atom.